The molecule has 2 aliphatic rings. The average molecular weight is 329 g/mol. The molecule has 5 amide bonds. The lowest BCUT2D eigenvalue weighted by molar-refractivity contribution is -0.143. The molecular weight excluding hydrogens is 314 g/mol. The smallest absolute Gasteiger partial charge is 0.325 e. The summed E-state index contributed by atoms with van der Waals surface area (Å²) in [6.45, 7) is 2.85. The Morgan fingerprint density at radius 2 is 1.79 bits per heavy atom. The predicted molar refractivity (Wildman–Crippen MR) is 82.3 cm³/mol. The van der Waals surface area contributed by atoms with Gasteiger partial charge in [0.15, 0.2) is 5.78 Å². The first kappa shape index (κ1) is 15.9. The van der Waals surface area contributed by atoms with Crippen molar-refractivity contribution in [3.8, 4) is 0 Å². The molecule has 0 unspecified atom stereocenters. The minimum absolute atomic E-state index is 0.0677. The first-order chi connectivity index (χ1) is 11.3. The number of rotatable bonds is 4. The van der Waals surface area contributed by atoms with Crippen LogP contribution in [0.2, 0.25) is 0 Å². The largest absolute Gasteiger partial charge is 0.334 e. The molecule has 1 fully saturated rings. The Balaban J connectivity index is 1.82. The highest BCUT2D eigenvalue weighted by Crippen LogP contribution is 2.32. The Hall–Kier alpha value is -3.03. The van der Waals surface area contributed by atoms with Crippen LogP contribution in [-0.4, -0.2) is 52.4 Å². The van der Waals surface area contributed by atoms with E-state index < -0.39 is 30.2 Å². The maximum Gasteiger partial charge on any atom is 0.334 e. The number of hydrogen-bond acceptors (Lipinski definition) is 5. The van der Waals surface area contributed by atoms with Crippen LogP contribution in [0, 0.1) is 0 Å². The summed E-state index contributed by atoms with van der Waals surface area (Å²) in [5, 5.41) is 2.70. The number of carbonyl (C=O) groups excluding carboxylic acids is 5. The maximum atomic E-state index is 12.4. The van der Waals surface area contributed by atoms with E-state index in [1.54, 1.807) is 26.0 Å². The van der Waals surface area contributed by atoms with E-state index in [9.17, 15) is 24.0 Å². The fraction of sp³-hybridized carbons (Fsp3) is 0.312. The van der Waals surface area contributed by atoms with E-state index in [-0.39, 0.29) is 23.9 Å². The third-order valence-electron chi connectivity index (χ3n) is 4.24. The predicted octanol–water partition coefficient (Wildman–Crippen LogP) is 0.736. The highest BCUT2D eigenvalue weighted by atomic mass is 16.2. The normalized spacial score (nSPS) is 19.8. The monoisotopic (exact) mass is 329 g/mol. The molecule has 8 nitrogen and oxygen atoms in total. The third-order valence-corrected chi connectivity index (χ3v) is 4.24. The van der Waals surface area contributed by atoms with Gasteiger partial charge in [-0.15, -0.1) is 0 Å². The number of anilines is 1. The van der Waals surface area contributed by atoms with E-state index in [4.69, 9.17) is 0 Å². The molecule has 1 aromatic rings. The molecule has 0 radical (unpaired) electrons. The van der Waals surface area contributed by atoms with E-state index >= 15 is 0 Å². The lowest BCUT2D eigenvalue weighted by atomic mass is 9.99. The molecule has 0 saturated carbocycles. The Labute approximate surface area is 137 Å². The molecule has 124 valence electrons. The highest BCUT2D eigenvalue weighted by Gasteiger charge is 2.44. The summed E-state index contributed by atoms with van der Waals surface area (Å²) in [5.74, 6) is -2.92. The van der Waals surface area contributed by atoms with Gasteiger partial charge in [-0.2, -0.15) is 0 Å². The van der Waals surface area contributed by atoms with Gasteiger partial charge in [0, 0.05) is 17.8 Å². The van der Waals surface area contributed by atoms with Crippen molar-refractivity contribution < 1.29 is 24.0 Å². The van der Waals surface area contributed by atoms with Crippen LogP contribution in [-0.2, 0) is 14.4 Å². The summed E-state index contributed by atoms with van der Waals surface area (Å²) in [4.78, 5) is 61.0. The van der Waals surface area contributed by atoms with Crippen LogP contribution in [0.3, 0.4) is 0 Å². The number of hydrogen-bond donors (Lipinski definition) is 1. The quantitative estimate of drug-likeness (QED) is 0.498. The van der Waals surface area contributed by atoms with Crippen molar-refractivity contribution in [2.45, 2.75) is 19.8 Å². The summed E-state index contributed by atoms with van der Waals surface area (Å²) in [6, 6.07) is 3.92. The molecule has 2 heterocycles. The van der Waals surface area contributed by atoms with Crippen molar-refractivity contribution in [1.82, 2.24) is 9.80 Å². The molecule has 24 heavy (non-hydrogen) atoms. The van der Waals surface area contributed by atoms with Gasteiger partial charge in [0.2, 0.25) is 5.91 Å². The van der Waals surface area contributed by atoms with Gasteiger partial charge in [-0.25, -0.2) is 9.69 Å². The number of nitrogens with one attached hydrogen (secondary N) is 1. The number of imide groups is 2. The fourth-order valence-electron chi connectivity index (χ4n) is 2.79. The average Bonchev–Trinajstić information content (AvgIpc) is 2.96. The zero-order valence-corrected chi connectivity index (χ0v) is 13.2. The second-order valence-electron chi connectivity index (χ2n) is 5.66. The molecule has 3 rings (SSSR count). The number of urea groups is 1. The molecular formula is C16H15N3O5. The molecule has 1 atom stereocenters. The zero-order chi connectivity index (χ0) is 17.6. The van der Waals surface area contributed by atoms with Gasteiger partial charge in [0.05, 0.1) is 12.5 Å². The van der Waals surface area contributed by atoms with Crippen LogP contribution < -0.4 is 5.32 Å². The van der Waals surface area contributed by atoms with E-state index in [1.807, 2.05) is 0 Å². The van der Waals surface area contributed by atoms with Gasteiger partial charge >= 0.3 is 17.8 Å². The topological polar surface area (TPSA) is 104 Å². The van der Waals surface area contributed by atoms with E-state index in [2.05, 4.69) is 5.32 Å². The first-order valence-corrected chi connectivity index (χ1v) is 7.50. The number of benzene rings is 1. The fourth-order valence-corrected chi connectivity index (χ4v) is 2.79. The molecule has 0 bridgehead atoms. The number of likely N-dealkylation sites (N-methyl/N-ethyl adjacent to an activating group) is 1. The Kier molecular flexibility index (Phi) is 3.67. The zero-order valence-electron chi connectivity index (χ0n) is 13.2. The van der Waals surface area contributed by atoms with Crippen LogP contribution in [0.4, 0.5) is 10.5 Å². The molecule has 1 saturated heterocycles. The van der Waals surface area contributed by atoms with E-state index in [0.717, 1.165) is 4.90 Å². The first-order valence-electron chi connectivity index (χ1n) is 7.50. The third kappa shape index (κ3) is 2.27. The molecule has 0 aliphatic carbocycles. The summed E-state index contributed by atoms with van der Waals surface area (Å²) in [5.41, 5.74) is 1.61. The van der Waals surface area contributed by atoms with Crippen LogP contribution in [0.1, 0.15) is 35.7 Å². The van der Waals surface area contributed by atoms with Gasteiger partial charge in [-0.1, -0.05) is 0 Å². The van der Waals surface area contributed by atoms with Gasteiger partial charge in [0.1, 0.15) is 0 Å². The van der Waals surface area contributed by atoms with Crippen molar-refractivity contribution in [3.05, 3.63) is 29.3 Å². The van der Waals surface area contributed by atoms with Gasteiger partial charge in [-0.3, -0.25) is 24.1 Å². The number of ketones is 1. The number of Topliss-reactive ketones (excluding diaryl/α,β-unsaturated/α-hetero) is 1. The summed E-state index contributed by atoms with van der Waals surface area (Å²) in [7, 11) is 0. The van der Waals surface area contributed by atoms with Crippen molar-refractivity contribution in [3.63, 3.8) is 0 Å². The van der Waals surface area contributed by atoms with Gasteiger partial charge in [0.25, 0.3) is 0 Å². The van der Waals surface area contributed by atoms with E-state index in [0.29, 0.717) is 16.2 Å². The van der Waals surface area contributed by atoms with Crippen molar-refractivity contribution >= 4 is 35.2 Å². The van der Waals surface area contributed by atoms with Crippen LogP contribution >= 0.6 is 0 Å². The lowest BCUT2D eigenvalue weighted by Gasteiger charge is -2.13. The molecule has 0 spiro atoms. The summed E-state index contributed by atoms with van der Waals surface area (Å²) >= 11 is 0. The van der Waals surface area contributed by atoms with Crippen molar-refractivity contribution in [2.24, 2.45) is 0 Å². The molecule has 1 aromatic carbocycles. The molecule has 2 aliphatic heterocycles. The minimum atomic E-state index is -0.999. The SMILES string of the molecule is CCN1C(=O)C(=O)N(CC(=O)c2ccc3c(c2)[C@H](C)C(=O)N3)C1=O. The Bertz CT molecular complexity index is 801. The lowest BCUT2D eigenvalue weighted by Crippen LogP contribution is -2.37. The number of carbonyl (C=O) groups is 5. The Morgan fingerprint density at radius 3 is 2.42 bits per heavy atom. The second-order valence-corrected chi connectivity index (χ2v) is 5.66. The number of nitrogens with zero attached hydrogens (tertiary/aromatic N) is 2. The van der Waals surface area contributed by atoms with Crippen LogP contribution in [0.25, 0.3) is 0 Å². The highest BCUT2D eigenvalue weighted by molar-refractivity contribution is 6.45. The summed E-state index contributed by atoms with van der Waals surface area (Å²) < 4.78 is 0. The molecule has 0 aromatic heterocycles. The number of fused-ring (bicyclic) bond motifs is 1. The van der Waals surface area contributed by atoms with Crippen molar-refractivity contribution in [1.29, 1.82) is 0 Å². The second kappa shape index (κ2) is 5.55. The van der Waals surface area contributed by atoms with Crippen LogP contribution in [0.5, 0.6) is 0 Å². The van der Waals surface area contributed by atoms with Gasteiger partial charge < -0.3 is 5.32 Å². The Morgan fingerprint density at radius 1 is 1.12 bits per heavy atom. The molecule has 1 N–H and O–H groups in total. The summed E-state index contributed by atoms with van der Waals surface area (Å²) in [6.07, 6.45) is 0. The minimum Gasteiger partial charge on any atom is -0.325 e. The molecule has 8 heteroatoms. The van der Waals surface area contributed by atoms with E-state index in [1.165, 1.54) is 6.07 Å². The van der Waals surface area contributed by atoms with Crippen LogP contribution in [0.15, 0.2) is 18.2 Å². The number of amides is 5. The van der Waals surface area contributed by atoms with Gasteiger partial charge in [-0.05, 0) is 37.6 Å². The standard InChI is InChI=1S/C16H15N3O5/c1-3-18-14(22)15(23)19(16(18)24)7-12(20)9-4-5-11-10(6-9)8(2)13(21)17-11/h4-6,8H,3,7H2,1-2H3,(H,17,21)/t8-/m0/s1. The van der Waals surface area contributed by atoms with Crippen molar-refractivity contribution in [2.75, 3.05) is 18.4 Å². The maximum absolute atomic E-state index is 12.4.